The summed E-state index contributed by atoms with van der Waals surface area (Å²) in [5.41, 5.74) is 1.35. The second-order valence-corrected chi connectivity index (χ2v) is 7.91. The largest absolute Gasteiger partial charge is 0.494 e. The van der Waals surface area contributed by atoms with Gasteiger partial charge in [-0.2, -0.15) is 0 Å². The molecule has 0 spiro atoms. The maximum Gasteiger partial charge on any atom is 0.174 e. The van der Waals surface area contributed by atoms with Crippen LogP contribution < -0.4 is 4.74 Å². The van der Waals surface area contributed by atoms with Gasteiger partial charge in [-0.1, -0.05) is 35.2 Å². The lowest BCUT2D eigenvalue weighted by atomic mass is 10.2. The Labute approximate surface area is 152 Å². The van der Waals surface area contributed by atoms with Crippen LogP contribution in [-0.4, -0.2) is 59.0 Å². The maximum absolute atomic E-state index is 5.50. The van der Waals surface area contributed by atoms with Crippen LogP contribution in [0.15, 0.2) is 28.6 Å². The number of thioether (sulfide) groups is 1. The zero-order valence-electron chi connectivity index (χ0n) is 14.3. The highest BCUT2D eigenvalue weighted by Crippen LogP contribution is 2.21. The minimum Gasteiger partial charge on any atom is -0.494 e. The number of rotatable bonds is 7. The first-order valence-corrected chi connectivity index (χ1v) is 10.3. The van der Waals surface area contributed by atoms with Gasteiger partial charge in [-0.05, 0) is 30.9 Å². The Kier molecular flexibility index (Phi) is 6.48. The van der Waals surface area contributed by atoms with Gasteiger partial charge in [0.2, 0.25) is 0 Å². The molecule has 1 fully saturated rings. The van der Waals surface area contributed by atoms with Crippen LogP contribution in [0, 0.1) is 0 Å². The number of hydrogen-bond acceptors (Lipinski definition) is 7. The molecule has 0 aliphatic carbocycles. The van der Waals surface area contributed by atoms with Crippen LogP contribution in [0.4, 0.5) is 0 Å². The number of ether oxygens (including phenoxy) is 1. The fourth-order valence-electron chi connectivity index (χ4n) is 2.80. The molecular formula is C17H24N4OS2. The van der Waals surface area contributed by atoms with Gasteiger partial charge in [0.05, 0.1) is 13.2 Å². The number of nitrogens with zero attached hydrogens (tertiary/aromatic N) is 4. The molecule has 0 unspecified atom stereocenters. The quantitative estimate of drug-likeness (QED) is 0.704. The maximum atomic E-state index is 5.50. The summed E-state index contributed by atoms with van der Waals surface area (Å²) >= 11 is 3.38. The molecule has 24 heavy (non-hydrogen) atoms. The molecule has 0 bridgehead atoms. The van der Waals surface area contributed by atoms with E-state index < -0.39 is 0 Å². The summed E-state index contributed by atoms with van der Waals surface area (Å²) in [7, 11) is 0. The Morgan fingerprint density at radius 1 is 1.04 bits per heavy atom. The van der Waals surface area contributed by atoms with Crippen LogP contribution in [0.25, 0.3) is 0 Å². The molecule has 2 heterocycles. The van der Waals surface area contributed by atoms with E-state index in [1.807, 2.05) is 13.2 Å². The lowest BCUT2D eigenvalue weighted by Crippen LogP contribution is -2.45. The Morgan fingerprint density at radius 2 is 1.71 bits per heavy atom. The Bertz CT molecular complexity index is 624. The fraction of sp³-hybridized carbons (Fsp3) is 0.529. The third-order valence-corrected chi connectivity index (χ3v) is 5.97. The van der Waals surface area contributed by atoms with Crippen molar-refractivity contribution >= 4 is 23.1 Å². The van der Waals surface area contributed by atoms with Gasteiger partial charge in [0.25, 0.3) is 0 Å². The van der Waals surface area contributed by atoms with Crippen LogP contribution in [0.1, 0.15) is 17.5 Å². The summed E-state index contributed by atoms with van der Waals surface area (Å²) < 4.78 is 6.55. The standard InChI is InChI=1S/C17H24N4OS2/c1-3-22-15-6-4-14(5-7-15)12-20-8-10-21(11-9-20)13-16-18-19-17(23-2)24-16/h4-7H,3,8-13H2,1-2H3. The smallest absolute Gasteiger partial charge is 0.174 e. The molecule has 0 radical (unpaired) electrons. The highest BCUT2D eigenvalue weighted by Gasteiger charge is 2.18. The van der Waals surface area contributed by atoms with Gasteiger partial charge < -0.3 is 4.74 Å². The van der Waals surface area contributed by atoms with Crippen molar-refractivity contribution in [2.75, 3.05) is 39.0 Å². The number of aromatic nitrogens is 2. The van der Waals surface area contributed by atoms with E-state index >= 15 is 0 Å². The van der Waals surface area contributed by atoms with Crippen molar-refractivity contribution in [1.29, 1.82) is 0 Å². The van der Waals surface area contributed by atoms with Crippen molar-refractivity contribution < 1.29 is 4.74 Å². The summed E-state index contributed by atoms with van der Waals surface area (Å²) in [6, 6.07) is 8.47. The topological polar surface area (TPSA) is 41.5 Å². The molecule has 2 aromatic rings. The Balaban J connectivity index is 1.44. The first-order chi connectivity index (χ1) is 11.8. The molecule has 1 aromatic carbocycles. The van der Waals surface area contributed by atoms with E-state index in [1.54, 1.807) is 23.1 Å². The summed E-state index contributed by atoms with van der Waals surface area (Å²) in [6.45, 7) is 9.04. The molecule has 130 valence electrons. The molecule has 1 aromatic heterocycles. The van der Waals surface area contributed by atoms with Gasteiger partial charge in [0.15, 0.2) is 4.34 Å². The molecule has 1 aliphatic heterocycles. The summed E-state index contributed by atoms with van der Waals surface area (Å²) in [5, 5.41) is 9.57. The Hall–Kier alpha value is -1.15. The van der Waals surface area contributed by atoms with Crippen molar-refractivity contribution in [2.45, 2.75) is 24.4 Å². The molecule has 0 saturated carbocycles. The van der Waals surface area contributed by atoms with Gasteiger partial charge in [0.1, 0.15) is 10.8 Å². The van der Waals surface area contributed by atoms with Crippen molar-refractivity contribution in [1.82, 2.24) is 20.0 Å². The van der Waals surface area contributed by atoms with Gasteiger partial charge in [-0.15, -0.1) is 10.2 Å². The molecule has 0 amide bonds. The van der Waals surface area contributed by atoms with E-state index in [1.165, 1.54) is 5.56 Å². The average molecular weight is 365 g/mol. The summed E-state index contributed by atoms with van der Waals surface area (Å²) in [6.07, 6.45) is 2.05. The van der Waals surface area contributed by atoms with Crippen molar-refractivity contribution in [3.8, 4) is 5.75 Å². The molecule has 0 N–H and O–H groups in total. The van der Waals surface area contributed by atoms with E-state index in [0.29, 0.717) is 6.61 Å². The molecular weight excluding hydrogens is 340 g/mol. The van der Waals surface area contributed by atoms with Crippen LogP contribution >= 0.6 is 23.1 Å². The second-order valence-electron chi connectivity index (χ2n) is 5.80. The normalized spacial score (nSPS) is 16.4. The van der Waals surface area contributed by atoms with Crippen LogP contribution in [0.3, 0.4) is 0 Å². The van der Waals surface area contributed by atoms with E-state index in [-0.39, 0.29) is 0 Å². The Morgan fingerprint density at radius 3 is 2.29 bits per heavy atom. The van der Waals surface area contributed by atoms with Crippen LogP contribution in [0.5, 0.6) is 5.75 Å². The van der Waals surface area contributed by atoms with Crippen LogP contribution in [-0.2, 0) is 13.1 Å². The SMILES string of the molecule is CCOc1ccc(CN2CCN(Cc3nnc(SC)s3)CC2)cc1. The number of benzene rings is 1. The molecule has 3 rings (SSSR count). The summed E-state index contributed by atoms with van der Waals surface area (Å²) in [4.78, 5) is 4.99. The highest BCUT2D eigenvalue weighted by molar-refractivity contribution is 8.00. The second kappa shape index (κ2) is 8.80. The fourth-order valence-corrected chi connectivity index (χ4v) is 4.15. The van der Waals surface area contributed by atoms with E-state index in [9.17, 15) is 0 Å². The highest BCUT2D eigenvalue weighted by atomic mass is 32.2. The van der Waals surface area contributed by atoms with E-state index in [4.69, 9.17) is 4.74 Å². The number of piperazine rings is 1. The zero-order chi connectivity index (χ0) is 16.8. The lowest BCUT2D eigenvalue weighted by Gasteiger charge is -2.34. The lowest BCUT2D eigenvalue weighted by molar-refractivity contribution is 0.122. The van der Waals surface area contributed by atoms with Gasteiger partial charge in [0, 0.05) is 32.7 Å². The predicted molar refractivity (Wildman–Crippen MR) is 99.9 cm³/mol. The molecule has 1 saturated heterocycles. The van der Waals surface area contributed by atoms with Crippen molar-refractivity contribution in [3.05, 3.63) is 34.8 Å². The first-order valence-electron chi connectivity index (χ1n) is 8.29. The van der Waals surface area contributed by atoms with E-state index in [2.05, 4.69) is 44.3 Å². The van der Waals surface area contributed by atoms with E-state index in [0.717, 1.165) is 54.4 Å². The molecule has 5 nitrogen and oxygen atoms in total. The van der Waals surface area contributed by atoms with Gasteiger partial charge >= 0.3 is 0 Å². The van der Waals surface area contributed by atoms with Crippen molar-refractivity contribution in [2.24, 2.45) is 0 Å². The zero-order valence-corrected chi connectivity index (χ0v) is 15.9. The van der Waals surface area contributed by atoms with Gasteiger partial charge in [-0.25, -0.2) is 0 Å². The predicted octanol–water partition coefficient (Wildman–Crippen LogP) is 2.98. The third kappa shape index (κ3) is 4.92. The molecule has 0 atom stereocenters. The minimum absolute atomic E-state index is 0.717. The average Bonchev–Trinajstić information content (AvgIpc) is 3.06. The van der Waals surface area contributed by atoms with Gasteiger partial charge in [-0.3, -0.25) is 9.80 Å². The third-order valence-electron chi connectivity index (χ3n) is 4.09. The number of hydrogen-bond donors (Lipinski definition) is 0. The first kappa shape index (κ1) is 17.7. The molecule has 7 heteroatoms. The minimum atomic E-state index is 0.717. The summed E-state index contributed by atoms with van der Waals surface area (Å²) in [5.74, 6) is 0.952. The molecule has 1 aliphatic rings. The van der Waals surface area contributed by atoms with Crippen molar-refractivity contribution in [3.63, 3.8) is 0 Å². The van der Waals surface area contributed by atoms with Crippen LogP contribution in [0.2, 0.25) is 0 Å². The monoisotopic (exact) mass is 364 g/mol.